The average Bonchev–Trinajstić information content (AvgIpc) is 1.86. The van der Waals surface area contributed by atoms with E-state index in [0.29, 0.717) is 0 Å². The molecule has 0 amide bonds. The summed E-state index contributed by atoms with van der Waals surface area (Å²) in [6, 6.07) is 0.980. The van der Waals surface area contributed by atoms with Crippen LogP contribution >= 0.6 is 0 Å². The maximum atomic E-state index is 2.67. The molecule has 0 spiro atoms. The Bertz CT molecular complexity index is 107. The molecule has 2 rings (SSSR count). The topological polar surface area (TPSA) is 3.24 Å². The molecule has 75 valence electrons. The Labute approximate surface area is 118 Å². The van der Waals surface area contributed by atoms with E-state index in [2.05, 4.69) is 11.3 Å². The van der Waals surface area contributed by atoms with Crippen LogP contribution in [-0.2, 0) is 0 Å². The molecule has 13 heavy (non-hydrogen) atoms. The van der Waals surface area contributed by atoms with E-state index in [9.17, 15) is 0 Å². The molecule has 1 aliphatic carbocycles. The molecule has 1 heterocycles. The second-order valence-corrected chi connectivity index (χ2v) is 3.49. The zero-order valence-electron chi connectivity index (χ0n) is 9.05. The van der Waals surface area contributed by atoms with Gasteiger partial charge in [0, 0.05) is 6.04 Å². The van der Waals surface area contributed by atoms with E-state index in [1.165, 1.54) is 45.2 Å². The molecule has 2 heteroatoms. The molecule has 1 radical (unpaired) electrons. The number of nitrogens with zero attached hydrogens (tertiary/aromatic N) is 1. The number of likely N-dealkylation sites (tertiary alicyclic amines) is 1. The summed E-state index contributed by atoms with van der Waals surface area (Å²) in [6.45, 7) is 2.68. The smallest absolute Gasteiger partial charge is 0.358 e. The van der Waals surface area contributed by atoms with E-state index in [-0.39, 0.29) is 56.6 Å². The molecule has 0 bridgehead atoms. The van der Waals surface area contributed by atoms with E-state index >= 15 is 0 Å². The van der Waals surface area contributed by atoms with Crippen LogP contribution in [-0.4, -0.2) is 24.0 Å². The Hall–Kier alpha value is 1.34. The Morgan fingerprint density at radius 1 is 1.00 bits per heavy atom. The zero-order valence-corrected chi connectivity index (χ0v) is 12.2. The summed E-state index contributed by atoms with van der Waals surface area (Å²) < 4.78 is 0. The van der Waals surface area contributed by atoms with Gasteiger partial charge in [-0.1, -0.05) is 6.42 Å². The molecule has 0 unspecified atom stereocenters. The monoisotopic (exact) mass is 308 g/mol. The molecule has 1 saturated carbocycles. The second kappa shape index (κ2) is 8.63. The number of hydrogen-bond donors (Lipinski definition) is 0. The van der Waals surface area contributed by atoms with Crippen molar-refractivity contribution in [2.45, 2.75) is 38.1 Å². The SMILES string of the molecule is [CH-]1CCN(C2CCC2)CC1.[CH3-].[CH3-].[Ce+3]. The van der Waals surface area contributed by atoms with Gasteiger partial charge in [0.15, 0.2) is 0 Å². The van der Waals surface area contributed by atoms with Gasteiger partial charge >= 0.3 is 41.7 Å². The maximum absolute atomic E-state index is 2.67. The van der Waals surface area contributed by atoms with Gasteiger partial charge in [-0.2, -0.15) is 12.8 Å². The first kappa shape index (κ1) is 16.8. The summed E-state index contributed by atoms with van der Waals surface area (Å²) in [5, 5.41) is 0. The van der Waals surface area contributed by atoms with Crippen molar-refractivity contribution < 1.29 is 41.7 Å². The molecule has 0 N–H and O–H groups in total. The van der Waals surface area contributed by atoms with Crippen molar-refractivity contribution in [2.24, 2.45) is 0 Å². The van der Waals surface area contributed by atoms with Gasteiger partial charge in [0.1, 0.15) is 0 Å². The van der Waals surface area contributed by atoms with Crippen LogP contribution < -0.4 is 0 Å². The van der Waals surface area contributed by atoms with Crippen LogP contribution in [0, 0.1) is 63.0 Å². The van der Waals surface area contributed by atoms with Gasteiger partial charge in [-0.25, -0.2) is 0 Å². The number of piperidine rings is 1. The fourth-order valence-electron chi connectivity index (χ4n) is 1.89. The van der Waals surface area contributed by atoms with Crippen molar-refractivity contribution in [1.82, 2.24) is 4.90 Å². The van der Waals surface area contributed by atoms with Crippen molar-refractivity contribution in [2.75, 3.05) is 13.1 Å². The summed E-state index contributed by atoms with van der Waals surface area (Å²) in [6.07, 6.45) is 9.51. The molecule has 1 nitrogen and oxygen atoms in total. The van der Waals surface area contributed by atoms with E-state index in [1.807, 2.05) is 0 Å². The first-order valence-corrected chi connectivity index (χ1v) is 4.52. The van der Waals surface area contributed by atoms with E-state index in [1.54, 1.807) is 0 Å². The van der Waals surface area contributed by atoms with E-state index < -0.39 is 0 Å². The van der Waals surface area contributed by atoms with Gasteiger partial charge in [0.2, 0.25) is 0 Å². The molecule has 2 aliphatic rings. The molecular formula is C11H22CeN. The predicted molar refractivity (Wildman–Crippen MR) is 55.6 cm³/mol. The van der Waals surface area contributed by atoms with Crippen LogP contribution in [0.15, 0.2) is 0 Å². The molecular weight excluding hydrogens is 286 g/mol. The van der Waals surface area contributed by atoms with Crippen LogP contribution in [0.4, 0.5) is 0 Å². The summed E-state index contributed by atoms with van der Waals surface area (Å²) >= 11 is 0. The van der Waals surface area contributed by atoms with Crippen LogP contribution in [0.5, 0.6) is 0 Å². The Balaban J connectivity index is 0. The first-order chi connectivity index (χ1) is 4.97. The standard InChI is InChI=1S/C9H16N.2CH3.Ce/c1-2-7-10(8-3-1)9-5-4-6-9;;;/h1,9H,2-8H2;2*1H3;/q3*-1;+3. The third-order valence-corrected chi connectivity index (χ3v) is 2.83. The fourth-order valence-corrected chi connectivity index (χ4v) is 1.89. The summed E-state index contributed by atoms with van der Waals surface area (Å²) in [4.78, 5) is 2.67. The number of rotatable bonds is 1. The first-order valence-electron chi connectivity index (χ1n) is 4.52. The Kier molecular flexibility index (Phi) is 11.1. The molecule has 0 aromatic carbocycles. The van der Waals surface area contributed by atoms with Crippen LogP contribution in [0.3, 0.4) is 0 Å². The van der Waals surface area contributed by atoms with E-state index in [4.69, 9.17) is 0 Å². The van der Waals surface area contributed by atoms with Crippen LogP contribution in [0.2, 0.25) is 0 Å². The molecule has 0 atom stereocenters. The van der Waals surface area contributed by atoms with Crippen molar-refractivity contribution in [3.8, 4) is 0 Å². The van der Waals surface area contributed by atoms with Gasteiger partial charge in [-0.05, 0) is 25.9 Å². The van der Waals surface area contributed by atoms with Gasteiger partial charge < -0.3 is 26.2 Å². The minimum atomic E-state index is 0. The largest absolute Gasteiger partial charge is 3.00 e. The van der Waals surface area contributed by atoms with Crippen molar-refractivity contribution in [3.05, 3.63) is 21.3 Å². The number of hydrogen-bond acceptors (Lipinski definition) is 1. The average molecular weight is 308 g/mol. The van der Waals surface area contributed by atoms with Crippen molar-refractivity contribution in [3.63, 3.8) is 0 Å². The van der Waals surface area contributed by atoms with Gasteiger partial charge in [-0.3, -0.25) is 0 Å². The van der Waals surface area contributed by atoms with Gasteiger partial charge in [0.25, 0.3) is 0 Å². The molecule has 0 aromatic rings. The van der Waals surface area contributed by atoms with Gasteiger partial charge in [0.05, 0.1) is 0 Å². The van der Waals surface area contributed by atoms with Crippen molar-refractivity contribution >= 4 is 0 Å². The molecule has 1 saturated heterocycles. The zero-order chi connectivity index (χ0) is 6.81. The Morgan fingerprint density at radius 2 is 1.54 bits per heavy atom. The van der Waals surface area contributed by atoms with Crippen LogP contribution in [0.1, 0.15) is 32.1 Å². The minimum Gasteiger partial charge on any atom is -0.358 e. The Morgan fingerprint density at radius 3 is 1.92 bits per heavy atom. The third-order valence-electron chi connectivity index (χ3n) is 2.83. The summed E-state index contributed by atoms with van der Waals surface area (Å²) in [7, 11) is 0. The van der Waals surface area contributed by atoms with Gasteiger partial charge in [-0.15, -0.1) is 0 Å². The molecule has 1 aliphatic heterocycles. The third kappa shape index (κ3) is 4.58. The molecule has 0 aromatic heterocycles. The maximum Gasteiger partial charge on any atom is 3.00 e. The quantitative estimate of drug-likeness (QED) is 0.673. The van der Waals surface area contributed by atoms with Crippen LogP contribution in [0.25, 0.3) is 0 Å². The fraction of sp³-hybridized carbons (Fsp3) is 0.727. The van der Waals surface area contributed by atoms with Crippen molar-refractivity contribution in [1.29, 1.82) is 0 Å². The minimum absolute atomic E-state index is 0. The normalized spacial score (nSPS) is 23.1. The van der Waals surface area contributed by atoms with E-state index in [0.717, 1.165) is 6.04 Å². The summed E-state index contributed by atoms with van der Waals surface area (Å²) in [5.41, 5.74) is 0. The molecule has 2 fully saturated rings. The predicted octanol–water partition coefficient (Wildman–Crippen LogP) is 2.74. The second-order valence-electron chi connectivity index (χ2n) is 3.49. The summed E-state index contributed by atoms with van der Waals surface area (Å²) in [5.74, 6) is 0.